The summed E-state index contributed by atoms with van der Waals surface area (Å²) in [5, 5.41) is 0. The van der Waals surface area contributed by atoms with Crippen molar-refractivity contribution in [3.05, 3.63) is 17.8 Å². The van der Waals surface area contributed by atoms with E-state index < -0.39 is 5.97 Å². The molecule has 5 heteroatoms. The van der Waals surface area contributed by atoms with Crippen LogP contribution in [0.15, 0.2) is 12.3 Å². The van der Waals surface area contributed by atoms with E-state index >= 15 is 0 Å². The molecule has 0 atom stereocenters. The number of ether oxygens (including phenoxy) is 1. The van der Waals surface area contributed by atoms with E-state index in [-0.39, 0.29) is 0 Å². The van der Waals surface area contributed by atoms with Crippen molar-refractivity contribution in [3.8, 4) is 0 Å². The molecule has 1 heterocycles. The molecule has 18 heavy (non-hydrogen) atoms. The van der Waals surface area contributed by atoms with E-state index in [2.05, 4.69) is 16.8 Å². The van der Waals surface area contributed by atoms with E-state index in [0.29, 0.717) is 17.1 Å². The van der Waals surface area contributed by atoms with Crippen LogP contribution >= 0.6 is 0 Å². The molecule has 98 valence electrons. The quantitative estimate of drug-likeness (QED) is 0.804. The van der Waals surface area contributed by atoms with Crippen molar-refractivity contribution in [2.75, 3.05) is 30.8 Å². The number of carbonyl (C=O) groups excluding carboxylic acids is 1. The molecule has 1 aromatic heterocycles. The lowest BCUT2D eigenvalue weighted by Crippen LogP contribution is -2.27. The van der Waals surface area contributed by atoms with Gasteiger partial charge in [-0.15, -0.1) is 0 Å². The highest BCUT2D eigenvalue weighted by molar-refractivity contribution is 5.97. The average Bonchev–Trinajstić information content (AvgIpc) is 3.19. The molecule has 2 N–H and O–H groups in total. The molecule has 1 saturated carbocycles. The minimum atomic E-state index is -0.418. The normalized spacial score (nSPS) is 14.3. The molecule has 1 aliphatic rings. The lowest BCUT2D eigenvalue weighted by atomic mass is 10.2. The Labute approximate surface area is 107 Å². The number of esters is 1. The van der Waals surface area contributed by atoms with Gasteiger partial charge >= 0.3 is 5.97 Å². The summed E-state index contributed by atoms with van der Waals surface area (Å²) in [5.74, 6) is 1.01. The molecule has 0 amide bonds. The number of nitrogen functional groups attached to an aromatic ring is 1. The smallest absolute Gasteiger partial charge is 0.340 e. The Hall–Kier alpha value is -1.78. The van der Waals surface area contributed by atoms with Gasteiger partial charge in [0.1, 0.15) is 0 Å². The number of nitrogens with zero attached hydrogens (tertiary/aromatic N) is 2. The maximum Gasteiger partial charge on any atom is 0.340 e. The molecule has 1 aromatic rings. The summed E-state index contributed by atoms with van der Waals surface area (Å²) in [6.45, 7) is 3.85. The zero-order chi connectivity index (χ0) is 13.1. The van der Waals surface area contributed by atoms with Crippen LogP contribution in [-0.2, 0) is 4.74 Å². The summed E-state index contributed by atoms with van der Waals surface area (Å²) < 4.78 is 4.71. The van der Waals surface area contributed by atoms with Crippen LogP contribution < -0.4 is 10.6 Å². The Morgan fingerprint density at radius 3 is 2.89 bits per heavy atom. The molecule has 1 aliphatic carbocycles. The fourth-order valence-electron chi connectivity index (χ4n) is 1.98. The summed E-state index contributed by atoms with van der Waals surface area (Å²) in [6, 6.07) is 1.59. The van der Waals surface area contributed by atoms with Gasteiger partial charge in [-0.2, -0.15) is 0 Å². The monoisotopic (exact) mass is 249 g/mol. The zero-order valence-corrected chi connectivity index (χ0v) is 10.8. The molecular weight excluding hydrogens is 230 g/mol. The van der Waals surface area contributed by atoms with Crippen molar-refractivity contribution in [2.45, 2.75) is 19.8 Å². The minimum absolute atomic E-state index is 0.386. The first-order valence-electron chi connectivity index (χ1n) is 6.25. The highest BCUT2D eigenvalue weighted by atomic mass is 16.5. The molecule has 0 unspecified atom stereocenters. The van der Waals surface area contributed by atoms with E-state index in [4.69, 9.17) is 10.5 Å². The van der Waals surface area contributed by atoms with Gasteiger partial charge < -0.3 is 15.4 Å². The van der Waals surface area contributed by atoms with Crippen LogP contribution in [0.4, 0.5) is 11.5 Å². The SMILES string of the molecule is CCN(CC1CC1)c1nccc(C(=O)OC)c1N. The average molecular weight is 249 g/mol. The topological polar surface area (TPSA) is 68.5 Å². The minimum Gasteiger partial charge on any atom is -0.465 e. The molecule has 0 spiro atoms. The van der Waals surface area contributed by atoms with Crippen molar-refractivity contribution in [2.24, 2.45) is 5.92 Å². The molecule has 1 fully saturated rings. The van der Waals surface area contributed by atoms with E-state index in [9.17, 15) is 4.79 Å². The number of hydrogen-bond acceptors (Lipinski definition) is 5. The number of hydrogen-bond donors (Lipinski definition) is 1. The highest BCUT2D eigenvalue weighted by Gasteiger charge is 2.26. The molecule has 0 aliphatic heterocycles. The first-order valence-corrected chi connectivity index (χ1v) is 6.25. The third-order valence-corrected chi connectivity index (χ3v) is 3.23. The lowest BCUT2D eigenvalue weighted by molar-refractivity contribution is 0.0602. The van der Waals surface area contributed by atoms with Gasteiger partial charge in [-0.3, -0.25) is 0 Å². The standard InChI is InChI=1S/C13H19N3O2/c1-3-16(8-9-4-5-9)12-11(14)10(6-7-15-12)13(17)18-2/h6-7,9H,3-5,8,14H2,1-2H3. The van der Waals surface area contributed by atoms with Gasteiger partial charge in [0.2, 0.25) is 0 Å². The van der Waals surface area contributed by atoms with Crippen LogP contribution in [0.5, 0.6) is 0 Å². The summed E-state index contributed by atoms with van der Waals surface area (Å²) in [4.78, 5) is 18.0. The number of anilines is 2. The van der Waals surface area contributed by atoms with Crippen LogP contribution in [0.3, 0.4) is 0 Å². The molecule has 5 nitrogen and oxygen atoms in total. The number of carbonyl (C=O) groups is 1. The molecule has 0 bridgehead atoms. The van der Waals surface area contributed by atoms with Gasteiger partial charge in [0, 0.05) is 19.3 Å². The van der Waals surface area contributed by atoms with Crippen LogP contribution in [0.1, 0.15) is 30.1 Å². The van der Waals surface area contributed by atoms with Gasteiger partial charge in [-0.05, 0) is 31.7 Å². The number of rotatable bonds is 5. The van der Waals surface area contributed by atoms with Crippen LogP contribution in [0.2, 0.25) is 0 Å². The van der Waals surface area contributed by atoms with Crippen LogP contribution in [0.25, 0.3) is 0 Å². The van der Waals surface area contributed by atoms with E-state index in [0.717, 1.165) is 19.0 Å². The number of pyridine rings is 1. The van der Waals surface area contributed by atoms with Gasteiger partial charge in [0.05, 0.1) is 18.4 Å². The predicted octanol–water partition coefficient (Wildman–Crippen LogP) is 1.69. The molecule has 0 saturated heterocycles. The molecule has 0 radical (unpaired) electrons. The third kappa shape index (κ3) is 2.55. The Morgan fingerprint density at radius 1 is 1.61 bits per heavy atom. The van der Waals surface area contributed by atoms with Gasteiger partial charge in [-0.1, -0.05) is 0 Å². The Morgan fingerprint density at radius 2 is 2.33 bits per heavy atom. The highest BCUT2D eigenvalue weighted by Crippen LogP contribution is 2.33. The molecular formula is C13H19N3O2. The number of nitrogens with two attached hydrogens (primary N) is 1. The fraction of sp³-hybridized carbons (Fsp3) is 0.538. The van der Waals surface area contributed by atoms with Crippen molar-refractivity contribution in [3.63, 3.8) is 0 Å². The van der Waals surface area contributed by atoms with Gasteiger partial charge in [-0.25, -0.2) is 9.78 Å². The van der Waals surface area contributed by atoms with Crippen molar-refractivity contribution in [1.29, 1.82) is 0 Å². The number of methoxy groups -OCH3 is 1. The first kappa shape index (κ1) is 12.7. The summed E-state index contributed by atoms with van der Waals surface area (Å²) in [6.07, 6.45) is 4.15. The van der Waals surface area contributed by atoms with Gasteiger partial charge in [0.15, 0.2) is 5.82 Å². The fourth-order valence-corrected chi connectivity index (χ4v) is 1.98. The number of aromatic nitrogens is 1. The second-order valence-corrected chi connectivity index (χ2v) is 4.57. The molecule has 2 rings (SSSR count). The van der Waals surface area contributed by atoms with E-state index in [1.807, 2.05) is 0 Å². The second-order valence-electron chi connectivity index (χ2n) is 4.57. The van der Waals surface area contributed by atoms with Crippen LogP contribution in [0, 0.1) is 5.92 Å². The Kier molecular flexibility index (Phi) is 3.69. The van der Waals surface area contributed by atoms with Gasteiger partial charge in [0.25, 0.3) is 0 Å². The van der Waals surface area contributed by atoms with Crippen molar-refractivity contribution >= 4 is 17.5 Å². The summed E-state index contributed by atoms with van der Waals surface area (Å²) in [5.41, 5.74) is 6.82. The summed E-state index contributed by atoms with van der Waals surface area (Å²) >= 11 is 0. The van der Waals surface area contributed by atoms with E-state index in [1.54, 1.807) is 12.3 Å². The Bertz CT molecular complexity index is 444. The third-order valence-electron chi connectivity index (χ3n) is 3.23. The largest absolute Gasteiger partial charge is 0.465 e. The van der Waals surface area contributed by atoms with Crippen LogP contribution in [-0.4, -0.2) is 31.2 Å². The summed E-state index contributed by atoms with van der Waals surface area (Å²) in [7, 11) is 1.35. The predicted molar refractivity (Wildman–Crippen MR) is 70.6 cm³/mol. The van der Waals surface area contributed by atoms with Crippen molar-refractivity contribution in [1.82, 2.24) is 4.98 Å². The zero-order valence-electron chi connectivity index (χ0n) is 10.8. The van der Waals surface area contributed by atoms with E-state index in [1.165, 1.54) is 20.0 Å². The maximum absolute atomic E-state index is 11.6. The molecule has 0 aromatic carbocycles. The van der Waals surface area contributed by atoms with Crippen molar-refractivity contribution < 1.29 is 9.53 Å². The second kappa shape index (κ2) is 5.25. The lowest BCUT2D eigenvalue weighted by Gasteiger charge is -2.23. The Balaban J connectivity index is 2.27. The maximum atomic E-state index is 11.6. The first-order chi connectivity index (χ1) is 8.67.